The van der Waals surface area contributed by atoms with E-state index in [9.17, 15) is 9.59 Å². The summed E-state index contributed by atoms with van der Waals surface area (Å²) in [4.78, 5) is 28.6. The molecule has 29 heavy (non-hydrogen) atoms. The lowest BCUT2D eigenvalue weighted by Gasteiger charge is -2.36. The number of carbonyl (C=O) groups excluding carboxylic acids is 2. The summed E-state index contributed by atoms with van der Waals surface area (Å²) in [6.45, 7) is 7.23. The van der Waals surface area contributed by atoms with Gasteiger partial charge in [0.05, 0.1) is 7.11 Å². The Labute approximate surface area is 172 Å². The Morgan fingerprint density at radius 1 is 1.00 bits per heavy atom. The van der Waals surface area contributed by atoms with Crippen LogP contribution in [0.15, 0.2) is 42.5 Å². The molecule has 1 aliphatic heterocycles. The number of aryl methyl sites for hydroxylation is 1. The van der Waals surface area contributed by atoms with Crippen molar-refractivity contribution in [3.8, 4) is 5.75 Å². The molecular formula is C23H29N3O3. The maximum atomic E-state index is 12.5. The molecule has 0 spiro atoms. The van der Waals surface area contributed by atoms with Crippen LogP contribution in [0.25, 0.3) is 0 Å². The highest BCUT2D eigenvalue weighted by Crippen LogP contribution is 2.23. The van der Waals surface area contributed by atoms with E-state index in [1.165, 1.54) is 16.8 Å². The van der Waals surface area contributed by atoms with Gasteiger partial charge in [0.2, 0.25) is 0 Å². The minimum absolute atomic E-state index is 0.430. The molecule has 154 valence electrons. The number of hydrogen-bond acceptors (Lipinski definition) is 4. The molecule has 6 heteroatoms. The van der Waals surface area contributed by atoms with Gasteiger partial charge < -0.3 is 19.9 Å². The van der Waals surface area contributed by atoms with Crippen molar-refractivity contribution in [1.29, 1.82) is 0 Å². The molecular weight excluding hydrogens is 366 g/mol. The van der Waals surface area contributed by atoms with Crippen LogP contribution in [0.5, 0.6) is 5.75 Å². The third-order valence-electron chi connectivity index (χ3n) is 5.54. The minimum Gasteiger partial charge on any atom is -0.497 e. The second kappa shape index (κ2) is 9.45. The van der Waals surface area contributed by atoms with Crippen LogP contribution >= 0.6 is 0 Å². The van der Waals surface area contributed by atoms with E-state index in [2.05, 4.69) is 42.3 Å². The summed E-state index contributed by atoms with van der Waals surface area (Å²) in [5.74, 6) is -0.174. The van der Waals surface area contributed by atoms with Crippen molar-refractivity contribution >= 4 is 17.5 Å². The summed E-state index contributed by atoms with van der Waals surface area (Å²) >= 11 is 0. The largest absolute Gasteiger partial charge is 0.497 e. The van der Waals surface area contributed by atoms with E-state index < -0.39 is 11.8 Å². The Hall–Kier alpha value is -3.02. The van der Waals surface area contributed by atoms with E-state index in [1.807, 2.05) is 24.3 Å². The van der Waals surface area contributed by atoms with Crippen molar-refractivity contribution in [2.45, 2.75) is 20.3 Å². The molecule has 1 heterocycles. The third-order valence-corrected chi connectivity index (χ3v) is 5.54. The monoisotopic (exact) mass is 395 g/mol. The van der Waals surface area contributed by atoms with Crippen molar-refractivity contribution in [3.05, 3.63) is 59.2 Å². The van der Waals surface area contributed by atoms with Crippen molar-refractivity contribution in [3.63, 3.8) is 0 Å². The number of anilines is 1. The highest BCUT2D eigenvalue weighted by atomic mass is 16.5. The summed E-state index contributed by atoms with van der Waals surface area (Å²) in [7, 11) is 1.63. The summed E-state index contributed by atoms with van der Waals surface area (Å²) < 4.78 is 5.14. The molecule has 2 amide bonds. The summed E-state index contributed by atoms with van der Waals surface area (Å²) in [5.41, 5.74) is 4.82. The maximum Gasteiger partial charge on any atom is 0.312 e. The van der Waals surface area contributed by atoms with Gasteiger partial charge in [-0.3, -0.25) is 9.59 Å². The van der Waals surface area contributed by atoms with Crippen molar-refractivity contribution < 1.29 is 14.3 Å². The van der Waals surface area contributed by atoms with E-state index in [0.29, 0.717) is 26.1 Å². The molecule has 0 unspecified atom stereocenters. The fourth-order valence-electron chi connectivity index (χ4n) is 3.56. The van der Waals surface area contributed by atoms with Gasteiger partial charge in [0, 0.05) is 38.4 Å². The zero-order valence-corrected chi connectivity index (χ0v) is 17.4. The molecule has 1 fully saturated rings. The van der Waals surface area contributed by atoms with Gasteiger partial charge in [-0.1, -0.05) is 24.3 Å². The average Bonchev–Trinajstić information content (AvgIpc) is 2.75. The topological polar surface area (TPSA) is 61.9 Å². The third kappa shape index (κ3) is 5.08. The number of ether oxygens (including phenoxy) is 1. The zero-order valence-electron chi connectivity index (χ0n) is 17.4. The quantitative estimate of drug-likeness (QED) is 0.790. The molecule has 0 aliphatic carbocycles. The highest BCUT2D eigenvalue weighted by molar-refractivity contribution is 6.35. The molecule has 0 atom stereocenters. The lowest BCUT2D eigenvalue weighted by Crippen LogP contribution is -2.53. The van der Waals surface area contributed by atoms with Crippen LogP contribution in [0.1, 0.15) is 16.7 Å². The normalized spacial score (nSPS) is 13.9. The van der Waals surface area contributed by atoms with Gasteiger partial charge in [0.1, 0.15) is 5.75 Å². The second-order valence-electron chi connectivity index (χ2n) is 7.35. The first kappa shape index (κ1) is 20.7. The fraction of sp³-hybridized carbons (Fsp3) is 0.391. The van der Waals surface area contributed by atoms with Gasteiger partial charge >= 0.3 is 11.8 Å². The molecule has 2 aromatic rings. The van der Waals surface area contributed by atoms with Gasteiger partial charge in [0.25, 0.3) is 0 Å². The molecule has 1 aliphatic rings. The first-order chi connectivity index (χ1) is 14.0. The number of carbonyl (C=O) groups is 2. The van der Waals surface area contributed by atoms with Gasteiger partial charge in [-0.2, -0.15) is 0 Å². The van der Waals surface area contributed by atoms with Crippen LogP contribution in [0.4, 0.5) is 5.69 Å². The molecule has 0 radical (unpaired) electrons. The van der Waals surface area contributed by atoms with Crippen LogP contribution < -0.4 is 15.0 Å². The minimum atomic E-state index is -0.529. The molecule has 0 bridgehead atoms. The van der Waals surface area contributed by atoms with Crippen molar-refractivity contribution in [2.24, 2.45) is 0 Å². The second-order valence-corrected chi connectivity index (χ2v) is 7.35. The summed E-state index contributed by atoms with van der Waals surface area (Å²) in [6.07, 6.45) is 0.670. The number of hydrogen-bond donors (Lipinski definition) is 1. The molecule has 3 rings (SSSR count). The standard InChI is InChI=1S/C23H29N3O3/c1-17-5-4-6-21(18(17)2)25-13-15-26(16-14-25)23(28)22(27)24-12-11-19-7-9-20(29-3)10-8-19/h4-10H,11-16H2,1-3H3,(H,24,27). The predicted octanol–water partition coefficient (Wildman–Crippen LogP) is 2.32. The molecule has 0 saturated carbocycles. The van der Waals surface area contributed by atoms with Crippen LogP contribution in [0.2, 0.25) is 0 Å². The summed E-state index contributed by atoms with van der Waals surface area (Å²) in [6, 6.07) is 14.0. The van der Waals surface area contributed by atoms with Gasteiger partial charge in [-0.05, 0) is 55.2 Å². The van der Waals surface area contributed by atoms with Crippen LogP contribution in [0.3, 0.4) is 0 Å². The van der Waals surface area contributed by atoms with Crippen LogP contribution in [-0.4, -0.2) is 56.5 Å². The Bertz CT molecular complexity index is 856. The number of piperazine rings is 1. The van der Waals surface area contributed by atoms with E-state index in [1.54, 1.807) is 12.0 Å². The van der Waals surface area contributed by atoms with E-state index in [0.717, 1.165) is 24.4 Å². The Morgan fingerprint density at radius 2 is 1.69 bits per heavy atom. The van der Waals surface area contributed by atoms with Gasteiger partial charge in [0.15, 0.2) is 0 Å². The van der Waals surface area contributed by atoms with E-state index in [-0.39, 0.29) is 0 Å². The number of rotatable bonds is 5. The number of methoxy groups -OCH3 is 1. The van der Waals surface area contributed by atoms with Gasteiger partial charge in [-0.25, -0.2) is 0 Å². The molecule has 1 saturated heterocycles. The highest BCUT2D eigenvalue weighted by Gasteiger charge is 2.26. The molecule has 2 aromatic carbocycles. The molecule has 1 N–H and O–H groups in total. The predicted molar refractivity (Wildman–Crippen MR) is 114 cm³/mol. The maximum absolute atomic E-state index is 12.5. The Balaban J connectivity index is 1.45. The number of nitrogens with one attached hydrogen (secondary N) is 1. The van der Waals surface area contributed by atoms with Crippen LogP contribution in [0, 0.1) is 13.8 Å². The number of amides is 2. The fourth-order valence-corrected chi connectivity index (χ4v) is 3.56. The average molecular weight is 396 g/mol. The van der Waals surface area contributed by atoms with Crippen molar-refractivity contribution in [1.82, 2.24) is 10.2 Å². The van der Waals surface area contributed by atoms with E-state index in [4.69, 9.17) is 4.74 Å². The lowest BCUT2D eigenvalue weighted by molar-refractivity contribution is -0.146. The van der Waals surface area contributed by atoms with Crippen molar-refractivity contribution in [2.75, 3.05) is 44.7 Å². The number of benzene rings is 2. The van der Waals surface area contributed by atoms with Gasteiger partial charge in [-0.15, -0.1) is 0 Å². The molecule has 6 nitrogen and oxygen atoms in total. The SMILES string of the molecule is COc1ccc(CCNC(=O)C(=O)N2CCN(c3cccc(C)c3C)CC2)cc1. The Kier molecular flexibility index (Phi) is 6.75. The number of nitrogens with zero attached hydrogens (tertiary/aromatic N) is 2. The first-order valence-corrected chi connectivity index (χ1v) is 10.0. The lowest BCUT2D eigenvalue weighted by atomic mass is 10.1. The molecule has 0 aromatic heterocycles. The smallest absolute Gasteiger partial charge is 0.312 e. The zero-order chi connectivity index (χ0) is 20.8. The Morgan fingerprint density at radius 3 is 2.34 bits per heavy atom. The summed E-state index contributed by atoms with van der Waals surface area (Å²) in [5, 5.41) is 2.74. The first-order valence-electron chi connectivity index (χ1n) is 10.0. The van der Waals surface area contributed by atoms with Crippen LogP contribution in [-0.2, 0) is 16.0 Å². The van der Waals surface area contributed by atoms with E-state index >= 15 is 0 Å².